The minimum atomic E-state index is -0.397. The maximum absolute atomic E-state index is 12.0. The molecule has 2 aliphatic rings. The molecule has 0 unspecified atom stereocenters. The van der Waals surface area contributed by atoms with E-state index in [1.165, 1.54) is 0 Å². The number of aromatic amines is 1. The normalized spacial score (nSPS) is 15.0. The number of fused-ring (bicyclic) bond motifs is 4. The summed E-state index contributed by atoms with van der Waals surface area (Å²) in [5.74, 6) is 0.753. The number of amides is 2. The number of H-pyrrole nitrogens is 1. The number of carbonyl (C=O) groups excluding carboxylic acids is 1. The van der Waals surface area contributed by atoms with Crippen molar-refractivity contribution in [2.45, 2.75) is 25.4 Å². The van der Waals surface area contributed by atoms with Crippen molar-refractivity contribution in [2.75, 3.05) is 13.1 Å². The quantitative estimate of drug-likeness (QED) is 0.363. The molecule has 7 rings (SSSR count). The molecule has 12 heteroatoms. The highest BCUT2D eigenvalue weighted by molar-refractivity contribution is 6.15. The molecule has 2 amide bonds. The van der Waals surface area contributed by atoms with E-state index in [-0.39, 0.29) is 11.7 Å². The van der Waals surface area contributed by atoms with Gasteiger partial charge in [-0.2, -0.15) is 4.68 Å². The first-order valence-electron chi connectivity index (χ1n) is 12.7. The van der Waals surface area contributed by atoms with E-state index in [0.29, 0.717) is 25.3 Å². The molecule has 1 fully saturated rings. The standard InChI is InChI=1S/C15H11N5.C12H15N5O2/c1-2-6-11(7-3-1)15-12-8-4-5-9-13(12)20-14(10-16-15)17-18-19-20;13-11(18)16-6-3-8(4-7-16)17-9-2-1-5-14-10(9)15-12(17)19/h1-9H,10H2;1-2,5,8H,3-4,6-7H2,(H2,13,18)(H,14,15,19). The number of para-hydroxylation sites is 1. The zero-order valence-electron chi connectivity index (χ0n) is 21.0. The smallest absolute Gasteiger partial charge is 0.327 e. The number of rotatable bonds is 2. The Morgan fingerprint density at radius 3 is 2.54 bits per heavy atom. The summed E-state index contributed by atoms with van der Waals surface area (Å²) in [6, 6.07) is 21.6. The predicted octanol–water partition coefficient (Wildman–Crippen LogP) is 2.45. The van der Waals surface area contributed by atoms with Crippen LogP contribution in [0.3, 0.4) is 0 Å². The summed E-state index contributed by atoms with van der Waals surface area (Å²) < 4.78 is 3.50. The summed E-state index contributed by atoms with van der Waals surface area (Å²) >= 11 is 0. The number of carbonyl (C=O) groups is 1. The zero-order chi connectivity index (χ0) is 26.8. The van der Waals surface area contributed by atoms with Gasteiger partial charge in [-0.25, -0.2) is 14.6 Å². The van der Waals surface area contributed by atoms with Gasteiger partial charge in [0.05, 0.1) is 16.9 Å². The predicted molar refractivity (Wildman–Crippen MR) is 145 cm³/mol. The van der Waals surface area contributed by atoms with Crippen LogP contribution in [0.2, 0.25) is 0 Å². The van der Waals surface area contributed by atoms with Gasteiger partial charge < -0.3 is 10.6 Å². The number of aliphatic imine (C=N–C) groups is 1. The highest BCUT2D eigenvalue weighted by Gasteiger charge is 2.25. The molecule has 0 saturated carbocycles. The van der Waals surface area contributed by atoms with Crippen LogP contribution in [0, 0.1) is 0 Å². The van der Waals surface area contributed by atoms with Crippen molar-refractivity contribution in [2.24, 2.45) is 10.7 Å². The number of nitrogens with two attached hydrogens (primary N) is 1. The number of likely N-dealkylation sites (tertiary alicyclic amines) is 1. The van der Waals surface area contributed by atoms with Crippen molar-refractivity contribution in [3.63, 3.8) is 0 Å². The van der Waals surface area contributed by atoms with Gasteiger partial charge in [0.25, 0.3) is 0 Å². The maximum Gasteiger partial charge on any atom is 0.327 e. The molecule has 2 aromatic carbocycles. The van der Waals surface area contributed by atoms with Gasteiger partial charge in [0.1, 0.15) is 6.54 Å². The number of pyridine rings is 1. The van der Waals surface area contributed by atoms with E-state index in [9.17, 15) is 9.59 Å². The summed E-state index contributed by atoms with van der Waals surface area (Å²) in [5, 5.41) is 11.8. The molecular weight excluding hydrogens is 496 g/mol. The van der Waals surface area contributed by atoms with E-state index in [2.05, 4.69) is 43.7 Å². The molecule has 2 aliphatic heterocycles. The van der Waals surface area contributed by atoms with Gasteiger partial charge in [-0.05, 0) is 41.5 Å². The Labute approximate surface area is 222 Å². The van der Waals surface area contributed by atoms with Crippen LogP contribution < -0.4 is 11.4 Å². The first-order chi connectivity index (χ1) is 19.1. The first-order valence-corrected chi connectivity index (χ1v) is 12.7. The molecule has 0 bridgehead atoms. The molecule has 196 valence electrons. The lowest BCUT2D eigenvalue weighted by Gasteiger charge is -2.31. The second-order valence-corrected chi connectivity index (χ2v) is 9.28. The number of aromatic nitrogens is 7. The van der Waals surface area contributed by atoms with E-state index in [1.54, 1.807) is 20.3 Å². The summed E-state index contributed by atoms with van der Waals surface area (Å²) in [5.41, 5.74) is 10.6. The van der Waals surface area contributed by atoms with Crippen molar-refractivity contribution < 1.29 is 4.79 Å². The third-order valence-corrected chi connectivity index (χ3v) is 6.98. The van der Waals surface area contributed by atoms with Gasteiger partial charge >= 0.3 is 11.7 Å². The third-order valence-electron chi connectivity index (χ3n) is 6.98. The van der Waals surface area contributed by atoms with Crippen molar-refractivity contribution in [1.29, 1.82) is 0 Å². The monoisotopic (exact) mass is 522 g/mol. The summed E-state index contributed by atoms with van der Waals surface area (Å²) in [6.45, 7) is 1.64. The molecule has 39 heavy (non-hydrogen) atoms. The Kier molecular flexibility index (Phi) is 6.41. The van der Waals surface area contributed by atoms with Gasteiger partial charge in [-0.1, -0.05) is 48.5 Å². The number of tetrazole rings is 1. The number of piperidine rings is 1. The lowest BCUT2D eigenvalue weighted by molar-refractivity contribution is 0.180. The lowest BCUT2D eigenvalue weighted by atomic mass is 10.0. The topological polar surface area (TPSA) is 153 Å². The van der Waals surface area contributed by atoms with Crippen LogP contribution in [-0.2, 0) is 6.54 Å². The Bertz CT molecular complexity index is 1710. The number of hydrogen-bond donors (Lipinski definition) is 2. The number of primary amides is 1. The second kappa shape index (κ2) is 10.3. The van der Waals surface area contributed by atoms with Gasteiger partial charge in [0, 0.05) is 36.5 Å². The Hall–Kier alpha value is -5.13. The highest BCUT2D eigenvalue weighted by Crippen LogP contribution is 2.24. The van der Waals surface area contributed by atoms with Gasteiger partial charge in [0.2, 0.25) is 0 Å². The summed E-state index contributed by atoms with van der Waals surface area (Å²) in [7, 11) is 0. The number of nitrogens with one attached hydrogen (secondary N) is 1. The van der Waals surface area contributed by atoms with Gasteiger partial charge in [0.15, 0.2) is 11.5 Å². The molecule has 0 aliphatic carbocycles. The lowest BCUT2D eigenvalue weighted by Crippen LogP contribution is -2.43. The maximum atomic E-state index is 12.0. The summed E-state index contributed by atoms with van der Waals surface area (Å²) in [6.07, 6.45) is 3.10. The zero-order valence-corrected chi connectivity index (χ0v) is 21.0. The third kappa shape index (κ3) is 4.67. The number of benzene rings is 2. The molecule has 3 aromatic heterocycles. The van der Waals surface area contributed by atoms with Crippen LogP contribution in [0.5, 0.6) is 0 Å². The number of imidazole rings is 1. The van der Waals surface area contributed by atoms with Crippen LogP contribution in [0.25, 0.3) is 16.9 Å². The fourth-order valence-corrected chi connectivity index (χ4v) is 5.09. The van der Waals surface area contributed by atoms with Crippen molar-refractivity contribution in [3.8, 4) is 5.69 Å². The molecule has 1 saturated heterocycles. The highest BCUT2D eigenvalue weighted by atomic mass is 16.2. The molecular formula is C27H26N10O2. The van der Waals surface area contributed by atoms with Crippen LogP contribution in [0.1, 0.15) is 35.8 Å². The fourth-order valence-electron chi connectivity index (χ4n) is 5.09. The SMILES string of the molecule is NC(=O)N1CCC(n2c(=O)[nH]c3ncccc32)CC1.c1ccc(C2=NCc3nnnn3-c3ccccc32)cc1. The molecule has 3 N–H and O–H groups in total. The van der Waals surface area contributed by atoms with E-state index < -0.39 is 6.03 Å². The minimum Gasteiger partial charge on any atom is -0.351 e. The van der Waals surface area contributed by atoms with E-state index in [1.807, 2.05) is 48.5 Å². The second-order valence-electron chi connectivity index (χ2n) is 9.28. The molecule has 0 radical (unpaired) electrons. The van der Waals surface area contributed by atoms with Crippen LogP contribution in [-0.4, -0.2) is 64.5 Å². The molecule has 5 aromatic rings. The molecule has 12 nitrogen and oxygen atoms in total. The van der Waals surface area contributed by atoms with Crippen LogP contribution in [0.4, 0.5) is 4.79 Å². The minimum absolute atomic E-state index is 0.0843. The van der Waals surface area contributed by atoms with E-state index in [0.717, 1.165) is 46.7 Å². The van der Waals surface area contributed by atoms with Crippen molar-refractivity contribution >= 4 is 22.9 Å². The Morgan fingerprint density at radius 1 is 0.974 bits per heavy atom. The Morgan fingerprint density at radius 2 is 1.74 bits per heavy atom. The molecule has 0 atom stereocenters. The fraction of sp³-hybridized carbons (Fsp3) is 0.222. The molecule has 0 spiro atoms. The molecule has 5 heterocycles. The van der Waals surface area contributed by atoms with Crippen LogP contribution in [0.15, 0.2) is 82.7 Å². The van der Waals surface area contributed by atoms with E-state index >= 15 is 0 Å². The first kappa shape index (κ1) is 24.2. The summed E-state index contributed by atoms with van der Waals surface area (Å²) in [4.78, 5) is 36.3. The Balaban J connectivity index is 0.000000142. The average molecular weight is 523 g/mol. The van der Waals surface area contributed by atoms with Crippen molar-refractivity contribution in [3.05, 3.63) is 100 Å². The van der Waals surface area contributed by atoms with Crippen molar-refractivity contribution in [1.82, 2.24) is 39.6 Å². The average Bonchev–Trinajstić information content (AvgIpc) is 3.54. The van der Waals surface area contributed by atoms with Crippen LogP contribution >= 0.6 is 0 Å². The number of urea groups is 1. The number of hydrogen-bond acceptors (Lipinski definition) is 7. The van der Waals surface area contributed by atoms with E-state index in [4.69, 9.17) is 10.7 Å². The van der Waals surface area contributed by atoms with Gasteiger partial charge in [-0.3, -0.25) is 14.5 Å². The largest absolute Gasteiger partial charge is 0.351 e. The number of nitrogens with zero attached hydrogens (tertiary/aromatic N) is 8. The van der Waals surface area contributed by atoms with Gasteiger partial charge in [-0.15, -0.1) is 5.10 Å².